The molecule has 1 unspecified atom stereocenters. The zero-order valence-electron chi connectivity index (χ0n) is 24.0. The van der Waals surface area contributed by atoms with Crippen LogP contribution >= 0.6 is 11.6 Å². The summed E-state index contributed by atoms with van der Waals surface area (Å²) in [5.41, 5.74) is 6.58. The normalized spacial score (nSPS) is 12.7. The van der Waals surface area contributed by atoms with E-state index in [2.05, 4.69) is 34.7 Å². The van der Waals surface area contributed by atoms with Crippen molar-refractivity contribution in [2.75, 3.05) is 25.1 Å². The first-order chi connectivity index (χ1) is 21.4. The minimum atomic E-state index is -1.17. The predicted molar refractivity (Wildman–Crippen MR) is 165 cm³/mol. The van der Waals surface area contributed by atoms with Crippen molar-refractivity contribution < 1.29 is 29.2 Å². The van der Waals surface area contributed by atoms with Crippen LogP contribution < -0.4 is 24.8 Å². The van der Waals surface area contributed by atoms with Crippen LogP contribution in [-0.4, -0.2) is 47.0 Å². The van der Waals surface area contributed by atoms with Crippen LogP contribution in [0.15, 0.2) is 67.0 Å². The van der Waals surface area contributed by atoms with Gasteiger partial charge in [0.1, 0.15) is 37.7 Å². The second-order valence-corrected chi connectivity index (χ2v) is 10.6. The molecule has 2 heterocycles. The topological polar surface area (TPSA) is 146 Å². The summed E-state index contributed by atoms with van der Waals surface area (Å²) in [5, 5.41) is 34.6. The van der Waals surface area contributed by atoms with Crippen LogP contribution in [0, 0.1) is 18.3 Å². The van der Waals surface area contributed by atoms with Gasteiger partial charge in [-0.3, -0.25) is 15.1 Å². The molecule has 1 atom stereocenters. The first kappa shape index (κ1) is 30.6. The molecule has 0 aliphatic carbocycles. The number of benzene rings is 3. The van der Waals surface area contributed by atoms with Crippen molar-refractivity contribution in [2.24, 2.45) is 0 Å². The molecule has 0 amide bonds. The lowest BCUT2D eigenvalue weighted by Crippen LogP contribution is -2.39. The van der Waals surface area contributed by atoms with Gasteiger partial charge in [-0.25, -0.2) is 0 Å². The fourth-order valence-electron chi connectivity index (χ4n) is 4.84. The molecule has 44 heavy (non-hydrogen) atoms. The number of hydrogen-bond donors (Lipinski definition) is 4. The first-order valence-electron chi connectivity index (χ1n) is 13.9. The van der Waals surface area contributed by atoms with Gasteiger partial charge in [-0.05, 0) is 53.4 Å². The van der Waals surface area contributed by atoms with Crippen molar-refractivity contribution in [3.05, 3.63) is 99.8 Å². The van der Waals surface area contributed by atoms with Crippen molar-refractivity contribution in [3.63, 3.8) is 0 Å². The average molecular weight is 615 g/mol. The zero-order valence-corrected chi connectivity index (χ0v) is 24.7. The van der Waals surface area contributed by atoms with E-state index in [1.807, 2.05) is 30.3 Å². The Morgan fingerprint density at radius 3 is 2.68 bits per heavy atom. The lowest BCUT2D eigenvalue weighted by Gasteiger charge is -2.20. The van der Waals surface area contributed by atoms with Gasteiger partial charge in [0.05, 0.1) is 22.9 Å². The zero-order chi connectivity index (χ0) is 31.1. The summed E-state index contributed by atoms with van der Waals surface area (Å²) in [6.07, 6.45) is 3.08. The number of anilines is 1. The Morgan fingerprint density at radius 1 is 1.09 bits per heavy atom. The van der Waals surface area contributed by atoms with Gasteiger partial charge in [0, 0.05) is 42.7 Å². The molecule has 0 fully saturated rings. The molecule has 0 spiro atoms. The van der Waals surface area contributed by atoms with E-state index in [0.29, 0.717) is 52.9 Å². The lowest BCUT2D eigenvalue weighted by atomic mass is 9.96. The number of rotatable bonds is 12. The average Bonchev–Trinajstić information content (AvgIpc) is 3.04. The molecule has 10 nitrogen and oxygen atoms in total. The molecule has 11 heteroatoms. The number of carbonyl (C=O) groups is 1. The monoisotopic (exact) mass is 614 g/mol. The fraction of sp³-hybridized carbons (Fsp3) is 0.242. The molecule has 0 saturated heterocycles. The summed E-state index contributed by atoms with van der Waals surface area (Å²) in [6.45, 7) is 3.23. The molecule has 0 saturated carbocycles. The molecule has 0 radical (unpaired) electrons. The first-order valence-corrected chi connectivity index (χ1v) is 14.3. The van der Waals surface area contributed by atoms with E-state index in [9.17, 15) is 20.3 Å². The Bertz CT molecular complexity index is 1710. The predicted octanol–water partition coefficient (Wildman–Crippen LogP) is 5.08. The van der Waals surface area contributed by atoms with Crippen LogP contribution in [0.4, 0.5) is 5.69 Å². The quantitative estimate of drug-likeness (QED) is 0.170. The maximum absolute atomic E-state index is 11.4. The summed E-state index contributed by atoms with van der Waals surface area (Å²) in [4.78, 5) is 15.5. The second-order valence-electron chi connectivity index (χ2n) is 10.2. The van der Waals surface area contributed by atoms with Crippen LogP contribution in [0.25, 0.3) is 11.1 Å². The Morgan fingerprint density at radius 2 is 1.91 bits per heavy atom. The number of aromatic nitrogens is 1. The number of aliphatic carboxylic acids is 1. The molecule has 0 bridgehead atoms. The number of nitrogens with zero attached hydrogens (tertiary/aromatic N) is 2. The largest absolute Gasteiger partial charge is 0.488 e. The second kappa shape index (κ2) is 14.1. The highest BCUT2D eigenvalue weighted by atomic mass is 35.5. The van der Waals surface area contributed by atoms with E-state index in [1.54, 1.807) is 24.4 Å². The minimum Gasteiger partial charge on any atom is -0.488 e. The Balaban J connectivity index is 1.37. The van der Waals surface area contributed by atoms with Gasteiger partial charge in [0.25, 0.3) is 0 Å². The van der Waals surface area contributed by atoms with Gasteiger partial charge < -0.3 is 29.7 Å². The van der Waals surface area contributed by atoms with Gasteiger partial charge in [0.15, 0.2) is 11.5 Å². The van der Waals surface area contributed by atoms with Crippen molar-refractivity contribution in [2.45, 2.75) is 32.7 Å². The Hall–Kier alpha value is -4.82. The summed E-state index contributed by atoms with van der Waals surface area (Å²) in [7, 11) is 0. The van der Waals surface area contributed by atoms with Crippen LogP contribution in [0.1, 0.15) is 27.8 Å². The summed E-state index contributed by atoms with van der Waals surface area (Å²) in [5.74, 6) is 0.753. The molecule has 1 aliphatic heterocycles. The molecule has 4 N–H and O–H groups in total. The number of nitriles is 1. The Labute approximate surface area is 259 Å². The number of hydrogen-bond acceptors (Lipinski definition) is 9. The smallest absolute Gasteiger partial charge is 0.323 e. The van der Waals surface area contributed by atoms with Crippen molar-refractivity contribution in [1.82, 2.24) is 10.3 Å². The Kier molecular flexibility index (Phi) is 9.82. The van der Waals surface area contributed by atoms with Gasteiger partial charge >= 0.3 is 5.97 Å². The number of carboxylic acids is 1. The summed E-state index contributed by atoms with van der Waals surface area (Å²) in [6, 6.07) is 18.1. The van der Waals surface area contributed by atoms with Crippen molar-refractivity contribution in [1.29, 1.82) is 5.26 Å². The third-order valence-electron chi connectivity index (χ3n) is 7.26. The van der Waals surface area contributed by atoms with E-state index >= 15 is 0 Å². The van der Waals surface area contributed by atoms with Gasteiger partial charge in [-0.2, -0.15) is 5.26 Å². The van der Waals surface area contributed by atoms with Crippen molar-refractivity contribution in [3.8, 4) is 34.4 Å². The van der Waals surface area contributed by atoms with Gasteiger partial charge in [-0.15, -0.1) is 0 Å². The number of fused-ring (bicyclic) bond motifs is 1. The lowest BCUT2D eigenvalue weighted by molar-refractivity contribution is -0.140. The minimum absolute atomic E-state index is 0.0834. The van der Waals surface area contributed by atoms with Gasteiger partial charge in [-0.1, -0.05) is 35.9 Å². The highest BCUT2D eigenvalue weighted by Crippen LogP contribution is 2.37. The third-order valence-corrected chi connectivity index (χ3v) is 7.57. The molecule has 1 aliphatic rings. The molecule has 5 rings (SSSR count). The number of carboxylic acid groups (broad SMARTS) is 1. The summed E-state index contributed by atoms with van der Waals surface area (Å²) >= 11 is 6.69. The molecule has 3 aromatic carbocycles. The molecular weight excluding hydrogens is 584 g/mol. The van der Waals surface area contributed by atoms with Crippen LogP contribution in [0.3, 0.4) is 0 Å². The van der Waals surface area contributed by atoms with E-state index in [4.69, 9.17) is 25.8 Å². The van der Waals surface area contributed by atoms with E-state index in [1.165, 1.54) is 6.20 Å². The fourth-order valence-corrected chi connectivity index (χ4v) is 5.10. The number of nitrogens with one attached hydrogen (secondary N) is 2. The number of ether oxygens (including phenoxy) is 3. The third kappa shape index (κ3) is 7.21. The highest BCUT2D eigenvalue weighted by Gasteiger charge is 2.18. The molecule has 1 aromatic heterocycles. The summed E-state index contributed by atoms with van der Waals surface area (Å²) < 4.78 is 17.6. The van der Waals surface area contributed by atoms with E-state index in [-0.39, 0.29) is 13.2 Å². The highest BCUT2D eigenvalue weighted by molar-refractivity contribution is 6.33. The van der Waals surface area contributed by atoms with Gasteiger partial charge in [0.2, 0.25) is 0 Å². The van der Waals surface area contributed by atoms with E-state index < -0.39 is 18.6 Å². The molecule has 4 aromatic rings. The standard InChI is InChI=1S/C33H31ClN4O6/c1-20-24(3-2-4-26(20)23-5-6-30-32(11-23)43-8-7-42-30)16-37-28-12-31(44-19-22-9-21(13-35)14-36-15-22)25(10-27(28)34)17-38-29(18-39)33(40)41/h2-6,9-12,14-15,29,37-39H,7-8,16-19H2,1H3,(H,40,41). The van der Waals surface area contributed by atoms with Crippen molar-refractivity contribution >= 4 is 23.3 Å². The van der Waals surface area contributed by atoms with Crippen LogP contribution in [0.2, 0.25) is 5.02 Å². The number of aliphatic hydroxyl groups is 1. The number of pyridine rings is 1. The number of aliphatic hydroxyl groups excluding tert-OH is 1. The van der Waals surface area contributed by atoms with Crippen LogP contribution in [-0.2, 0) is 24.5 Å². The number of halogens is 1. The molecule has 226 valence electrons. The maximum atomic E-state index is 11.4. The van der Waals surface area contributed by atoms with E-state index in [0.717, 1.165) is 33.8 Å². The van der Waals surface area contributed by atoms with Crippen LogP contribution in [0.5, 0.6) is 17.2 Å². The molecular formula is C33H31ClN4O6. The maximum Gasteiger partial charge on any atom is 0.323 e. The SMILES string of the molecule is Cc1c(CNc2cc(OCc3cncc(C#N)c3)c(CNC(CO)C(=O)O)cc2Cl)cccc1-c1ccc2c(c1)OCCO2.